The van der Waals surface area contributed by atoms with E-state index in [0.717, 1.165) is 5.56 Å². The number of hydrogen-bond donors (Lipinski definition) is 0. The van der Waals surface area contributed by atoms with E-state index >= 15 is 0 Å². The summed E-state index contributed by atoms with van der Waals surface area (Å²) in [6.45, 7) is 0.181. The van der Waals surface area contributed by atoms with E-state index in [1.165, 1.54) is 11.4 Å². The first-order chi connectivity index (χ1) is 8.60. The molecule has 0 atom stereocenters. The van der Waals surface area contributed by atoms with Gasteiger partial charge < -0.3 is 4.74 Å². The Balaban J connectivity index is 2.80. The summed E-state index contributed by atoms with van der Waals surface area (Å²) in [6.07, 6.45) is 0. The van der Waals surface area contributed by atoms with Gasteiger partial charge in [0, 0.05) is 13.7 Å². The average Bonchev–Trinajstić information content (AvgIpc) is 2.37. The molecule has 0 aliphatic carbocycles. The van der Waals surface area contributed by atoms with Gasteiger partial charge in [-0.3, -0.25) is 0 Å². The van der Waals surface area contributed by atoms with Crippen LogP contribution in [0.25, 0.3) is 0 Å². The molecule has 0 bridgehead atoms. The quantitative estimate of drug-likeness (QED) is 0.691. The lowest BCUT2D eigenvalue weighted by atomic mass is 10.2. The average molecular weight is 268 g/mol. The maximum absolute atomic E-state index is 12.0. The summed E-state index contributed by atoms with van der Waals surface area (Å²) in [4.78, 5) is 0. The second kappa shape index (κ2) is 7.11. The fourth-order valence-corrected chi connectivity index (χ4v) is 2.67. The van der Waals surface area contributed by atoms with Crippen molar-refractivity contribution < 1.29 is 13.2 Å². The Morgan fingerprint density at radius 3 is 2.56 bits per heavy atom. The minimum absolute atomic E-state index is 0.113. The van der Waals surface area contributed by atoms with Crippen molar-refractivity contribution in [3.05, 3.63) is 35.9 Å². The van der Waals surface area contributed by atoms with Crippen LogP contribution >= 0.6 is 0 Å². The summed E-state index contributed by atoms with van der Waals surface area (Å²) < 4.78 is 29.9. The van der Waals surface area contributed by atoms with Gasteiger partial charge in [0.15, 0.2) is 0 Å². The molecular formula is C12H16N2O3S. The van der Waals surface area contributed by atoms with E-state index in [9.17, 15) is 8.42 Å². The summed E-state index contributed by atoms with van der Waals surface area (Å²) in [6, 6.07) is 11.1. The maximum atomic E-state index is 12.0. The molecule has 0 aromatic heterocycles. The SMILES string of the molecule is COCCS(=O)(=O)N(CC#N)Cc1ccccc1. The van der Waals surface area contributed by atoms with Crippen molar-refractivity contribution in [1.29, 1.82) is 5.26 Å². The Bertz CT molecular complexity index is 494. The van der Waals surface area contributed by atoms with Gasteiger partial charge in [0.25, 0.3) is 0 Å². The molecule has 1 aromatic carbocycles. The molecule has 0 unspecified atom stereocenters. The second-order valence-corrected chi connectivity index (χ2v) is 5.81. The highest BCUT2D eigenvalue weighted by atomic mass is 32.2. The second-order valence-electron chi connectivity index (χ2n) is 3.72. The summed E-state index contributed by atoms with van der Waals surface area (Å²) in [5, 5.41) is 8.72. The van der Waals surface area contributed by atoms with Crippen LogP contribution in [0, 0.1) is 11.3 Å². The van der Waals surface area contributed by atoms with E-state index in [-0.39, 0.29) is 25.4 Å². The monoisotopic (exact) mass is 268 g/mol. The molecule has 0 amide bonds. The van der Waals surface area contributed by atoms with Crippen LogP contribution in [-0.2, 0) is 21.3 Å². The third kappa shape index (κ3) is 4.45. The molecule has 0 saturated carbocycles. The van der Waals surface area contributed by atoms with Gasteiger partial charge in [0.05, 0.1) is 18.4 Å². The topological polar surface area (TPSA) is 70.4 Å². The summed E-state index contributed by atoms with van der Waals surface area (Å²) in [5.74, 6) is -0.113. The predicted molar refractivity (Wildman–Crippen MR) is 68.1 cm³/mol. The summed E-state index contributed by atoms with van der Waals surface area (Å²) >= 11 is 0. The van der Waals surface area contributed by atoms with Gasteiger partial charge >= 0.3 is 0 Å². The van der Waals surface area contributed by atoms with Crippen molar-refractivity contribution in [3.8, 4) is 6.07 Å². The van der Waals surface area contributed by atoms with Gasteiger partial charge in [-0.1, -0.05) is 30.3 Å². The molecule has 0 fully saturated rings. The first-order valence-corrected chi connectivity index (χ1v) is 7.08. The van der Waals surface area contributed by atoms with E-state index in [1.54, 1.807) is 0 Å². The minimum Gasteiger partial charge on any atom is -0.384 e. The maximum Gasteiger partial charge on any atom is 0.217 e. The van der Waals surface area contributed by atoms with E-state index in [4.69, 9.17) is 10.00 Å². The molecule has 1 aromatic rings. The highest BCUT2D eigenvalue weighted by Gasteiger charge is 2.21. The first-order valence-electron chi connectivity index (χ1n) is 5.48. The molecule has 0 aliphatic rings. The number of benzene rings is 1. The molecule has 98 valence electrons. The van der Waals surface area contributed by atoms with Gasteiger partial charge in [-0.25, -0.2) is 8.42 Å². The zero-order chi connectivity index (χ0) is 13.4. The smallest absolute Gasteiger partial charge is 0.217 e. The summed E-state index contributed by atoms with van der Waals surface area (Å²) in [5.41, 5.74) is 0.855. The molecule has 0 saturated heterocycles. The molecular weight excluding hydrogens is 252 g/mol. The van der Waals surface area contributed by atoms with Gasteiger partial charge in [-0.2, -0.15) is 9.57 Å². The number of sulfonamides is 1. The number of ether oxygens (including phenoxy) is 1. The standard InChI is InChI=1S/C12H16N2O3S/c1-17-9-10-18(15,16)14(8-7-13)11-12-5-3-2-4-6-12/h2-6H,8-11H2,1H3. The van der Waals surface area contributed by atoms with Gasteiger partial charge in [0.2, 0.25) is 10.0 Å². The molecule has 18 heavy (non-hydrogen) atoms. The van der Waals surface area contributed by atoms with Crippen molar-refractivity contribution in [2.75, 3.05) is 26.0 Å². The Labute approximate surface area is 108 Å². The van der Waals surface area contributed by atoms with Crippen LogP contribution in [0.15, 0.2) is 30.3 Å². The van der Waals surface area contributed by atoms with Crippen LogP contribution in [0.4, 0.5) is 0 Å². The Hall–Kier alpha value is -1.42. The first kappa shape index (κ1) is 14.6. The molecule has 0 heterocycles. The zero-order valence-corrected chi connectivity index (χ0v) is 11.1. The zero-order valence-electron chi connectivity index (χ0n) is 10.2. The molecule has 6 heteroatoms. The summed E-state index contributed by atoms with van der Waals surface area (Å²) in [7, 11) is -2.01. The van der Waals surface area contributed by atoms with E-state index in [2.05, 4.69) is 0 Å². The van der Waals surface area contributed by atoms with Crippen molar-refractivity contribution in [1.82, 2.24) is 4.31 Å². The highest BCUT2D eigenvalue weighted by Crippen LogP contribution is 2.09. The third-order valence-electron chi connectivity index (χ3n) is 2.39. The molecule has 0 N–H and O–H groups in total. The number of hydrogen-bond acceptors (Lipinski definition) is 4. The van der Waals surface area contributed by atoms with Crippen molar-refractivity contribution in [2.24, 2.45) is 0 Å². The highest BCUT2D eigenvalue weighted by molar-refractivity contribution is 7.89. The number of nitriles is 1. The minimum atomic E-state index is -3.46. The van der Waals surface area contributed by atoms with Crippen LogP contribution in [-0.4, -0.2) is 38.7 Å². The lowest BCUT2D eigenvalue weighted by molar-refractivity contribution is 0.215. The van der Waals surface area contributed by atoms with Gasteiger partial charge in [-0.15, -0.1) is 0 Å². The third-order valence-corrected chi connectivity index (χ3v) is 4.12. The predicted octanol–water partition coefficient (Wildman–Crippen LogP) is 0.988. The molecule has 0 spiro atoms. The van der Waals surface area contributed by atoms with Crippen molar-refractivity contribution in [3.63, 3.8) is 0 Å². The Morgan fingerprint density at radius 1 is 1.33 bits per heavy atom. The van der Waals surface area contributed by atoms with E-state index in [0.29, 0.717) is 0 Å². The molecule has 1 rings (SSSR count). The lowest BCUT2D eigenvalue weighted by Crippen LogP contribution is -2.34. The van der Waals surface area contributed by atoms with Crippen LogP contribution in [0.5, 0.6) is 0 Å². The number of rotatable bonds is 7. The van der Waals surface area contributed by atoms with Gasteiger partial charge in [-0.05, 0) is 5.56 Å². The Morgan fingerprint density at radius 2 is 2.00 bits per heavy atom. The Kier molecular flexibility index (Phi) is 5.78. The van der Waals surface area contributed by atoms with Crippen LogP contribution < -0.4 is 0 Å². The molecule has 0 radical (unpaired) electrons. The fourth-order valence-electron chi connectivity index (χ4n) is 1.44. The van der Waals surface area contributed by atoms with Crippen molar-refractivity contribution in [2.45, 2.75) is 6.54 Å². The van der Waals surface area contributed by atoms with Gasteiger partial charge in [0.1, 0.15) is 6.54 Å². The lowest BCUT2D eigenvalue weighted by Gasteiger charge is -2.19. The molecule has 0 aliphatic heterocycles. The van der Waals surface area contributed by atoms with Crippen LogP contribution in [0.1, 0.15) is 5.56 Å². The molecule has 5 nitrogen and oxygen atoms in total. The van der Waals surface area contributed by atoms with Crippen LogP contribution in [0.3, 0.4) is 0 Å². The number of nitrogens with zero attached hydrogens (tertiary/aromatic N) is 2. The van der Waals surface area contributed by atoms with E-state index < -0.39 is 10.0 Å². The largest absolute Gasteiger partial charge is 0.384 e. The van der Waals surface area contributed by atoms with E-state index in [1.807, 2.05) is 36.4 Å². The normalized spacial score (nSPS) is 11.4. The number of methoxy groups -OCH3 is 1. The van der Waals surface area contributed by atoms with Crippen molar-refractivity contribution >= 4 is 10.0 Å². The van der Waals surface area contributed by atoms with Crippen LogP contribution in [0.2, 0.25) is 0 Å². The fraction of sp³-hybridized carbons (Fsp3) is 0.417.